The van der Waals surface area contributed by atoms with E-state index < -0.39 is 0 Å². The van der Waals surface area contributed by atoms with Gasteiger partial charge in [0.2, 0.25) is 0 Å². The van der Waals surface area contributed by atoms with E-state index in [1.165, 1.54) is 36.7 Å². The van der Waals surface area contributed by atoms with Crippen LogP contribution in [0.3, 0.4) is 0 Å². The first-order valence-corrected chi connectivity index (χ1v) is 6.19. The van der Waals surface area contributed by atoms with Crippen LogP contribution in [0.2, 0.25) is 0 Å². The van der Waals surface area contributed by atoms with Crippen LogP contribution in [-0.2, 0) is 0 Å². The van der Waals surface area contributed by atoms with Gasteiger partial charge in [-0.2, -0.15) is 0 Å². The summed E-state index contributed by atoms with van der Waals surface area (Å²) in [6.45, 7) is 1.37. The van der Waals surface area contributed by atoms with E-state index in [0.717, 1.165) is 0 Å². The van der Waals surface area contributed by atoms with Crippen LogP contribution in [-0.4, -0.2) is 21.1 Å². The molecule has 0 bridgehead atoms. The number of rotatable bonds is 0. The molecule has 0 aromatic heterocycles. The van der Waals surface area contributed by atoms with Crippen LogP contribution < -0.4 is 21.5 Å². The molecule has 0 aliphatic carbocycles. The van der Waals surface area contributed by atoms with Crippen molar-refractivity contribution in [3.05, 3.63) is 0 Å². The fourth-order valence-corrected chi connectivity index (χ4v) is 3.43. The van der Waals surface area contributed by atoms with Crippen LogP contribution in [0.1, 0.15) is 25.7 Å². The Balaban J connectivity index is 2.12. The van der Waals surface area contributed by atoms with Gasteiger partial charge in [-0.3, -0.25) is 0 Å². The molecule has 1 heterocycles. The Morgan fingerprint density at radius 3 is 2.78 bits per heavy atom. The van der Waals surface area contributed by atoms with Gasteiger partial charge in [0.1, 0.15) is 0 Å². The number of hydrogen-bond donors (Lipinski definition) is 0. The van der Waals surface area contributed by atoms with E-state index in [1.54, 1.807) is 0 Å². The molecule has 0 radical (unpaired) electrons. The number of hydrogen-bond acceptors (Lipinski definition) is 1. The van der Waals surface area contributed by atoms with Crippen molar-refractivity contribution < 1.29 is 21.5 Å². The quantitative estimate of drug-likeness (QED) is 0.283. The molecule has 1 rings (SSSR count). The summed E-state index contributed by atoms with van der Waals surface area (Å²) < 4.78 is 4.08. The van der Waals surface area contributed by atoms with Crippen molar-refractivity contribution in [2.24, 2.45) is 0 Å². The maximum atomic E-state index is 2.55. The standard InChI is InChI=1S/C7H15IN/c1-9-7-5-3-2-4-6-8-9/h2-7H2,1H3/q-1. The molecular weight excluding hydrogens is 225 g/mol. The van der Waals surface area contributed by atoms with Gasteiger partial charge in [0.05, 0.1) is 0 Å². The van der Waals surface area contributed by atoms with Gasteiger partial charge >= 0.3 is 68.3 Å². The van der Waals surface area contributed by atoms with Crippen molar-refractivity contribution in [1.29, 1.82) is 0 Å². The Bertz CT molecular complexity index is 67.3. The monoisotopic (exact) mass is 240 g/mol. The van der Waals surface area contributed by atoms with Gasteiger partial charge in [0.15, 0.2) is 0 Å². The molecular formula is C7H15IN-. The van der Waals surface area contributed by atoms with Crippen molar-refractivity contribution in [2.45, 2.75) is 25.7 Å². The first-order chi connectivity index (χ1) is 4.39. The third kappa shape index (κ3) is 3.40. The van der Waals surface area contributed by atoms with Gasteiger partial charge in [-0.15, -0.1) is 0 Å². The van der Waals surface area contributed by atoms with E-state index in [9.17, 15) is 0 Å². The molecule has 0 N–H and O–H groups in total. The van der Waals surface area contributed by atoms with Crippen LogP contribution in [0.25, 0.3) is 0 Å². The van der Waals surface area contributed by atoms with Gasteiger partial charge in [-0.1, -0.05) is 0 Å². The second-order valence-corrected chi connectivity index (χ2v) is 5.96. The van der Waals surface area contributed by atoms with Crippen molar-refractivity contribution in [1.82, 2.24) is 3.11 Å². The number of nitrogens with zero attached hydrogens (tertiary/aromatic N) is 1. The van der Waals surface area contributed by atoms with Gasteiger partial charge in [-0.05, 0) is 0 Å². The van der Waals surface area contributed by atoms with E-state index in [2.05, 4.69) is 10.2 Å². The molecule has 2 heteroatoms. The number of alkyl halides is 1. The van der Waals surface area contributed by atoms with Crippen LogP contribution in [0.15, 0.2) is 0 Å². The van der Waals surface area contributed by atoms with E-state index in [0.29, 0.717) is 21.5 Å². The first kappa shape index (κ1) is 7.79. The van der Waals surface area contributed by atoms with E-state index >= 15 is 0 Å². The maximum absolute atomic E-state index is 2.55. The summed E-state index contributed by atoms with van der Waals surface area (Å²) in [7, 11) is 2.28. The first-order valence-electron chi connectivity index (χ1n) is 3.70. The third-order valence-corrected chi connectivity index (χ3v) is 4.53. The molecule has 1 nitrogen and oxygen atoms in total. The second kappa shape index (κ2) is 4.50. The fraction of sp³-hybridized carbons (Fsp3) is 1.00. The van der Waals surface area contributed by atoms with Crippen LogP contribution in [0, 0.1) is 0 Å². The molecule has 0 spiro atoms. The Kier molecular flexibility index (Phi) is 3.89. The molecule has 0 atom stereocenters. The Hall–Kier alpha value is 0.690. The molecule has 1 fully saturated rings. The van der Waals surface area contributed by atoms with Gasteiger partial charge < -0.3 is 0 Å². The van der Waals surface area contributed by atoms with E-state index in [1.807, 2.05) is 0 Å². The summed E-state index contributed by atoms with van der Waals surface area (Å²) in [5.41, 5.74) is 0. The average Bonchev–Trinajstić information content (AvgIpc) is 1.79. The summed E-state index contributed by atoms with van der Waals surface area (Å²) in [6, 6.07) is 0. The van der Waals surface area contributed by atoms with Gasteiger partial charge in [0.25, 0.3) is 0 Å². The third-order valence-electron chi connectivity index (χ3n) is 1.64. The molecule has 0 saturated carbocycles. The summed E-state index contributed by atoms with van der Waals surface area (Å²) in [4.78, 5) is 0. The number of halogens is 1. The minimum absolute atomic E-state index is 0.440. The summed E-state index contributed by atoms with van der Waals surface area (Å²) in [5.74, 6) is 0. The van der Waals surface area contributed by atoms with Crippen molar-refractivity contribution in [3.63, 3.8) is 0 Å². The van der Waals surface area contributed by atoms with Crippen molar-refractivity contribution >= 4 is 0 Å². The fourth-order valence-electron chi connectivity index (χ4n) is 1.04. The zero-order valence-electron chi connectivity index (χ0n) is 6.07. The van der Waals surface area contributed by atoms with Crippen molar-refractivity contribution in [3.8, 4) is 0 Å². The van der Waals surface area contributed by atoms with Crippen molar-refractivity contribution in [2.75, 3.05) is 18.0 Å². The van der Waals surface area contributed by atoms with Gasteiger partial charge in [0, 0.05) is 0 Å². The molecule has 0 aromatic carbocycles. The SMILES string of the molecule is CN1CCCCCC[I-]1. The Morgan fingerprint density at radius 2 is 1.89 bits per heavy atom. The molecule has 1 aliphatic rings. The second-order valence-electron chi connectivity index (χ2n) is 2.55. The van der Waals surface area contributed by atoms with Crippen LogP contribution >= 0.6 is 0 Å². The predicted octanol–water partition coefficient (Wildman–Crippen LogP) is -1.50. The average molecular weight is 240 g/mol. The van der Waals surface area contributed by atoms with E-state index in [4.69, 9.17) is 0 Å². The Morgan fingerprint density at radius 1 is 1.11 bits per heavy atom. The molecule has 1 saturated heterocycles. The predicted molar refractivity (Wildman–Crippen MR) is 36.0 cm³/mol. The summed E-state index contributed by atoms with van der Waals surface area (Å²) >= 11 is 0.440. The summed E-state index contributed by atoms with van der Waals surface area (Å²) in [5, 5.41) is 0. The molecule has 0 amide bonds. The molecule has 0 aromatic rings. The summed E-state index contributed by atoms with van der Waals surface area (Å²) in [6.07, 6.45) is 5.90. The zero-order valence-corrected chi connectivity index (χ0v) is 8.23. The molecule has 9 heavy (non-hydrogen) atoms. The molecule has 56 valence electrons. The zero-order chi connectivity index (χ0) is 6.53. The molecule has 1 aliphatic heterocycles. The molecule has 0 unspecified atom stereocenters. The minimum atomic E-state index is 0.440. The van der Waals surface area contributed by atoms with Gasteiger partial charge in [-0.25, -0.2) is 0 Å². The van der Waals surface area contributed by atoms with E-state index in [-0.39, 0.29) is 0 Å². The van der Waals surface area contributed by atoms with Crippen LogP contribution in [0.4, 0.5) is 0 Å². The topological polar surface area (TPSA) is 3.24 Å². The van der Waals surface area contributed by atoms with Crippen LogP contribution in [0.5, 0.6) is 0 Å². The normalized spacial score (nSPS) is 25.9. The Labute approximate surface area is 68.4 Å².